The summed E-state index contributed by atoms with van der Waals surface area (Å²) in [6.45, 7) is 8.97. The highest BCUT2D eigenvalue weighted by Gasteiger charge is 2.35. The van der Waals surface area contributed by atoms with E-state index in [1.807, 2.05) is 13.8 Å². The fourth-order valence-corrected chi connectivity index (χ4v) is 3.18. The van der Waals surface area contributed by atoms with Crippen molar-refractivity contribution in [3.8, 4) is 0 Å². The van der Waals surface area contributed by atoms with Crippen molar-refractivity contribution in [2.24, 2.45) is 11.3 Å². The van der Waals surface area contributed by atoms with E-state index in [1.165, 1.54) is 51.6 Å². The summed E-state index contributed by atoms with van der Waals surface area (Å²) >= 11 is 0. The largest absolute Gasteiger partial charge is 0.317 e. The average Bonchev–Trinajstić information content (AvgIpc) is 2.21. The molecule has 2 aliphatic rings. The summed E-state index contributed by atoms with van der Waals surface area (Å²) in [4.78, 5) is 0. The molecule has 1 N–H and O–H groups in total. The lowest BCUT2D eigenvalue weighted by Crippen LogP contribution is -2.39. The Balaban J connectivity index is 0.000000461. The summed E-state index contributed by atoms with van der Waals surface area (Å²) in [5.74, 6) is 0.997. The van der Waals surface area contributed by atoms with E-state index >= 15 is 0 Å². The molecule has 2 rings (SSSR count). The summed E-state index contributed by atoms with van der Waals surface area (Å²) in [6.07, 6.45) is 8.87. The smallest absolute Gasteiger partial charge is 0.00436 e. The molecule has 84 valence electrons. The average molecular weight is 197 g/mol. The Bertz CT molecular complexity index is 142. The predicted molar refractivity (Wildman–Crippen MR) is 63.5 cm³/mol. The molecule has 0 amide bonds. The molecule has 0 aromatic carbocycles. The zero-order valence-corrected chi connectivity index (χ0v) is 10.2. The van der Waals surface area contributed by atoms with Crippen molar-refractivity contribution in [2.45, 2.75) is 59.3 Å². The Morgan fingerprint density at radius 1 is 1.07 bits per heavy atom. The van der Waals surface area contributed by atoms with Crippen molar-refractivity contribution < 1.29 is 0 Å². The summed E-state index contributed by atoms with van der Waals surface area (Å²) < 4.78 is 0. The fourth-order valence-electron chi connectivity index (χ4n) is 3.18. The minimum absolute atomic E-state index is 0.767. The van der Waals surface area contributed by atoms with E-state index in [9.17, 15) is 0 Å². The molecule has 1 saturated carbocycles. The van der Waals surface area contributed by atoms with Crippen molar-refractivity contribution in [3.63, 3.8) is 0 Å². The van der Waals surface area contributed by atoms with Crippen LogP contribution in [-0.4, -0.2) is 13.1 Å². The van der Waals surface area contributed by atoms with E-state index in [-0.39, 0.29) is 0 Å². The minimum Gasteiger partial charge on any atom is -0.317 e. The topological polar surface area (TPSA) is 12.0 Å². The maximum Gasteiger partial charge on any atom is -0.00436 e. The highest BCUT2D eigenvalue weighted by molar-refractivity contribution is 4.88. The van der Waals surface area contributed by atoms with Gasteiger partial charge in [0.2, 0.25) is 0 Å². The maximum absolute atomic E-state index is 3.47. The first kappa shape index (κ1) is 12.0. The molecule has 1 heteroatoms. The van der Waals surface area contributed by atoms with E-state index in [2.05, 4.69) is 12.2 Å². The molecular weight excluding hydrogens is 170 g/mol. The monoisotopic (exact) mass is 197 g/mol. The van der Waals surface area contributed by atoms with Gasteiger partial charge in [0, 0.05) is 0 Å². The lowest BCUT2D eigenvalue weighted by atomic mass is 9.65. The third-order valence-electron chi connectivity index (χ3n) is 3.85. The molecule has 0 radical (unpaired) electrons. The van der Waals surface area contributed by atoms with Gasteiger partial charge >= 0.3 is 0 Å². The molecule has 0 aromatic rings. The van der Waals surface area contributed by atoms with Crippen LogP contribution in [-0.2, 0) is 0 Å². The lowest BCUT2D eigenvalue weighted by molar-refractivity contribution is 0.102. The quantitative estimate of drug-likeness (QED) is 0.626. The van der Waals surface area contributed by atoms with E-state index in [0.29, 0.717) is 0 Å². The van der Waals surface area contributed by atoms with Crippen molar-refractivity contribution >= 4 is 0 Å². The molecular formula is C13H27N. The second kappa shape index (κ2) is 5.75. The van der Waals surface area contributed by atoms with Gasteiger partial charge in [-0.25, -0.2) is 0 Å². The van der Waals surface area contributed by atoms with Crippen LogP contribution in [0.2, 0.25) is 0 Å². The fraction of sp³-hybridized carbons (Fsp3) is 1.00. The molecule has 1 saturated heterocycles. The van der Waals surface area contributed by atoms with E-state index in [0.717, 1.165) is 11.3 Å². The van der Waals surface area contributed by atoms with Crippen LogP contribution in [0.1, 0.15) is 59.3 Å². The number of rotatable bonds is 0. The molecule has 1 heterocycles. The molecule has 2 fully saturated rings. The molecule has 1 spiro atoms. The Morgan fingerprint density at radius 2 is 1.71 bits per heavy atom. The zero-order valence-electron chi connectivity index (χ0n) is 10.2. The molecule has 1 nitrogen and oxygen atoms in total. The second-order valence-corrected chi connectivity index (χ2v) is 4.95. The van der Waals surface area contributed by atoms with Gasteiger partial charge in [-0.1, -0.05) is 33.6 Å². The number of nitrogens with one attached hydrogen (secondary N) is 1. The first-order valence-electron chi connectivity index (χ1n) is 6.52. The number of hydrogen-bond acceptors (Lipinski definition) is 1. The third-order valence-corrected chi connectivity index (χ3v) is 3.85. The maximum atomic E-state index is 3.47. The van der Waals surface area contributed by atoms with Crippen molar-refractivity contribution in [2.75, 3.05) is 13.1 Å². The Kier molecular flexibility index (Phi) is 4.94. The van der Waals surface area contributed by atoms with Crippen LogP contribution in [0.25, 0.3) is 0 Å². The first-order valence-corrected chi connectivity index (χ1v) is 6.52. The van der Waals surface area contributed by atoms with Gasteiger partial charge in [-0.05, 0) is 50.1 Å². The van der Waals surface area contributed by atoms with E-state index in [4.69, 9.17) is 0 Å². The Hall–Kier alpha value is -0.0400. The van der Waals surface area contributed by atoms with E-state index < -0.39 is 0 Å². The van der Waals surface area contributed by atoms with Gasteiger partial charge in [0.15, 0.2) is 0 Å². The van der Waals surface area contributed by atoms with Crippen LogP contribution in [0.3, 0.4) is 0 Å². The predicted octanol–water partition coefficient (Wildman–Crippen LogP) is 3.59. The van der Waals surface area contributed by atoms with Crippen molar-refractivity contribution in [1.82, 2.24) is 5.32 Å². The minimum atomic E-state index is 0.767. The van der Waals surface area contributed by atoms with E-state index in [1.54, 1.807) is 0 Å². The third kappa shape index (κ3) is 2.98. The molecule has 1 unspecified atom stereocenters. The number of hydrogen-bond donors (Lipinski definition) is 1. The molecule has 0 bridgehead atoms. The highest BCUT2D eigenvalue weighted by atomic mass is 14.9. The Labute approximate surface area is 89.7 Å². The molecule has 1 atom stereocenters. The Morgan fingerprint density at radius 3 is 2.29 bits per heavy atom. The summed E-state index contributed by atoms with van der Waals surface area (Å²) in [5.41, 5.74) is 0.767. The van der Waals surface area contributed by atoms with Crippen LogP contribution in [0, 0.1) is 11.3 Å². The molecule has 1 aliphatic carbocycles. The summed E-state index contributed by atoms with van der Waals surface area (Å²) in [6, 6.07) is 0. The normalized spacial score (nSPS) is 30.6. The van der Waals surface area contributed by atoms with Gasteiger partial charge in [0.05, 0.1) is 0 Å². The van der Waals surface area contributed by atoms with Gasteiger partial charge < -0.3 is 5.32 Å². The highest BCUT2D eigenvalue weighted by Crippen LogP contribution is 2.45. The van der Waals surface area contributed by atoms with Crippen LogP contribution >= 0.6 is 0 Å². The zero-order chi connectivity index (χ0) is 10.4. The van der Waals surface area contributed by atoms with Gasteiger partial charge in [0.25, 0.3) is 0 Å². The molecule has 14 heavy (non-hydrogen) atoms. The van der Waals surface area contributed by atoms with Crippen LogP contribution in [0.15, 0.2) is 0 Å². The molecule has 0 aromatic heterocycles. The van der Waals surface area contributed by atoms with Crippen LogP contribution < -0.4 is 5.32 Å². The van der Waals surface area contributed by atoms with Crippen LogP contribution in [0.4, 0.5) is 0 Å². The summed E-state index contributed by atoms with van der Waals surface area (Å²) in [7, 11) is 0. The van der Waals surface area contributed by atoms with Gasteiger partial charge in [-0.2, -0.15) is 0 Å². The SMILES string of the molecule is CC.CC1CCCC2(CCNCC2)C1. The lowest BCUT2D eigenvalue weighted by Gasteiger charge is -2.43. The van der Waals surface area contributed by atoms with Crippen molar-refractivity contribution in [3.05, 3.63) is 0 Å². The van der Waals surface area contributed by atoms with Crippen molar-refractivity contribution in [1.29, 1.82) is 0 Å². The van der Waals surface area contributed by atoms with Gasteiger partial charge in [0.1, 0.15) is 0 Å². The van der Waals surface area contributed by atoms with Gasteiger partial charge in [-0.15, -0.1) is 0 Å². The first-order chi connectivity index (χ1) is 6.81. The van der Waals surface area contributed by atoms with Crippen LogP contribution in [0.5, 0.6) is 0 Å². The summed E-state index contributed by atoms with van der Waals surface area (Å²) in [5, 5.41) is 3.47. The standard InChI is InChI=1S/C11H21N.C2H6/c1-10-3-2-4-11(9-10)5-7-12-8-6-11;1-2/h10,12H,2-9H2,1H3;1-2H3. The number of piperidine rings is 1. The van der Waals surface area contributed by atoms with Gasteiger partial charge in [-0.3, -0.25) is 0 Å². The molecule has 1 aliphatic heterocycles. The second-order valence-electron chi connectivity index (χ2n) is 4.95.